The van der Waals surface area contributed by atoms with Gasteiger partial charge in [0.25, 0.3) is 5.91 Å². The molecule has 3 rings (SSSR count). The zero-order chi connectivity index (χ0) is 17.5. The maximum Gasteiger partial charge on any atom is 0.338 e. The van der Waals surface area contributed by atoms with E-state index in [0.29, 0.717) is 12.1 Å². The average Bonchev–Trinajstić information content (AvgIpc) is 3.12. The monoisotopic (exact) mass is 372 g/mol. The summed E-state index contributed by atoms with van der Waals surface area (Å²) in [6.45, 7) is 0.234. The van der Waals surface area contributed by atoms with E-state index >= 15 is 0 Å². The van der Waals surface area contributed by atoms with Crippen LogP contribution in [-0.4, -0.2) is 35.8 Å². The Morgan fingerprint density at radius 1 is 1.16 bits per heavy atom. The lowest BCUT2D eigenvalue weighted by Crippen LogP contribution is -2.30. The number of esters is 1. The SMILES string of the molecule is O=C(COC(=O)c1ccc2ncsc2c1)NCCSc1ccccc1. The van der Waals surface area contributed by atoms with Gasteiger partial charge in [-0.2, -0.15) is 0 Å². The molecule has 0 aliphatic carbocycles. The summed E-state index contributed by atoms with van der Waals surface area (Å²) in [5.41, 5.74) is 2.99. The van der Waals surface area contributed by atoms with Crippen LogP contribution in [0.5, 0.6) is 0 Å². The number of nitrogens with zero attached hydrogens (tertiary/aromatic N) is 1. The number of hydrogen-bond acceptors (Lipinski definition) is 6. The summed E-state index contributed by atoms with van der Waals surface area (Å²) in [7, 11) is 0. The molecule has 7 heteroatoms. The molecule has 0 spiro atoms. The summed E-state index contributed by atoms with van der Waals surface area (Å²) >= 11 is 3.11. The lowest BCUT2D eigenvalue weighted by atomic mass is 10.2. The van der Waals surface area contributed by atoms with Gasteiger partial charge in [0.05, 0.1) is 21.3 Å². The fourth-order valence-electron chi connectivity index (χ4n) is 2.12. The smallest absolute Gasteiger partial charge is 0.338 e. The number of thiazole rings is 1. The summed E-state index contributed by atoms with van der Waals surface area (Å²) in [5.74, 6) is -0.0591. The van der Waals surface area contributed by atoms with Crippen molar-refractivity contribution in [1.29, 1.82) is 0 Å². The number of amides is 1. The number of nitrogens with one attached hydrogen (secondary N) is 1. The van der Waals surface area contributed by atoms with Gasteiger partial charge < -0.3 is 10.1 Å². The van der Waals surface area contributed by atoms with Gasteiger partial charge in [-0.15, -0.1) is 23.1 Å². The first kappa shape index (κ1) is 17.4. The van der Waals surface area contributed by atoms with Gasteiger partial charge in [-0.3, -0.25) is 4.79 Å². The Bertz CT molecular complexity index is 865. The lowest BCUT2D eigenvalue weighted by Gasteiger charge is -2.07. The largest absolute Gasteiger partial charge is 0.452 e. The maximum absolute atomic E-state index is 12.0. The van der Waals surface area contributed by atoms with Gasteiger partial charge in [0.2, 0.25) is 0 Å². The van der Waals surface area contributed by atoms with E-state index in [-0.39, 0.29) is 12.5 Å². The molecule has 0 aliphatic rings. The van der Waals surface area contributed by atoms with Crippen LogP contribution in [0.25, 0.3) is 10.2 Å². The van der Waals surface area contributed by atoms with E-state index in [4.69, 9.17) is 4.74 Å². The lowest BCUT2D eigenvalue weighted by molar-refractivity contribution is -0.124. The molecule has 0 radical (unpaired) electrons. The molecule has 2 aromatic carbocycles. The highest BCUT2D eigenvalue weighted by atomic mass is 32.2. The molecule has 0 saturated heterocycles. The van der Waals surface area contributed by atoms with Crippen molar-refractivity contribution in [1.82, 2.24) is 10.3 Å². The molecule has 0 bridgehead atoms. The van der Waals surface area contributed by atoms with Gasteiger partial charge in [0, 0.05) is 17.2 Å². The zero-order valence-electron chi connectivity index (χ0n) is 13.3. The third-order valence-corrected chi connectivity index (χ3v) is 5.14. The van der Waals surface area contributed by atoms with E-state index in [2.05, 4.69) is 10.3 Å². The number of carbonyl (C=O) groups is 2. The van der Waals surface area contributed by atoms with Gasteiger partial charge in [0.1, 0.15) is 0 Å². The van der Waals surface area contributed by atoms with Gasteiger partial charge in [-0.05, 0) is 30.3 Å². The third kappa shape index (κ3) is 5.04. The van der Waals surface area contributed by atoms with Crippen LogP contribution in [-0.2, 0) is 9.53 Å². The highest BCUT2D eigenvalue weighted by molar-refractivity contribution is 7.99. The van der Waals surface area contributed by atoms with E-state index in [9.17, 15) is 9.59 Å². The number of aromatic nitrogens is 1. The van der Waals surface area contributed by atoms with Crippen LogP contribution in [0.3, 0.4) is 0 Å². The molecule has 0 aliphatic heterocycles. The van der Waals surface area contributed by atoms with Crippen LogP contribution in [0.1, 0.15) is 10.4 Å². The Balaban J connectivity index is 1.38. The Morgan fingerprint density at radius 2 is 2.00 bits per heavy atom. The molecule has 128 valence electrons. The topological polar surface area (TPSA) is 68.3 Å². The quantitative estimate of drug-likeness (QED) is 0.391. The molecule has 0 fully saturated rings. The van der Waals surface area contributed by atoms with Gasteiger partial charge in [-0.25, -0.2) is 9.78 Å². The highest BCUT2D eigenvalue weighted by Gasteiger charge is 2.11. The predicted octanol–water partition coefficient (Wildman–Crippen LogP) is 3.36. The normalized spacial score (nSPS) is 10.6. The molecule has 0 saturated carbocycles. The fraction of sp³-hybridized carbons (Fsp3) is 0.167. The number of benzene rings is 2. The summed E-state index contributed by atoms with van der Waals surface area (Å²) in [4.78, 5) is 29.1. The minimum atomic E-state index is -0.510. The molecule has 1 aromatic heterocycles. The van der Waals surface area contributed by atoms with Crippen LogP contribution < -0.4 is 5.32 Å². The van der Waals surface area contributed by atoms with Crippen molar-refractivity contribution in [3.63, 3.8) is 0 Å². The highest BCUT2D eigenvalue weighted by Crippen LogP contribution is 2.19. The molecule has 1 heterocycles. The number of ether oxygens (including phenoxy) is 1. The summed E-state index contributed by atoms with van der Waals surface area (Å²) < 4.78 is 5.97. The molecule has 25 heavy (non-hydrogen) atoms. The Morgan fingerprint density at radius 3 is 2.84 bits per heavy atom. The van der Waals surface area contributed by atoms with E-state index in [1.165, 1.54) is 11.3 Å². The molecule has 1 amide bonds. The van der Waals surface area contributed by atoms with Crippen molar-refractivity contribution in [2.45, 2.75) is 4.90 Å². The standard InChI is InChI=1S/C18H16N2O3S2/c21-17(19-8-9-24-14-4-2-1-3-5-14)11-23-18(22)13-6-7-15-16(10-13)25-12-20-15/h1-7,10,12H,8-9,11H2,(H,19,21). The third-order valence-electron chi connectivity index (χ3n) is 3.34. The second-order valence-electron chi connectivity index (χ2n) is 5.12. The number of hydrogen-bond donors (Lipinski definition) is 1. The molecular weight excluding hydrogens is 356 g/mol. The Kier molecular flexibility index (Phi) is 6.03. The minimum Gasteiger partial charge on any atom is -0.452 e. The van der Waals surface area contributed by atoms with Crippen molar-refractivity contribution in [3.8, 4) is 0 Å². The molecule has 5 nitrogen and oxygen atoms in total. The predicted molar refractivity (Wildman–Crippen MR) is 100 cm³/mol. The van der Waals surface area contributed by atoms with E-state index < -0.39 is 5.97 Å². The first-order valence-electron chi connectivity index (χ1n) is 7.67. The van der Waals surface area contributed by atoms with Crippen molar-refractivity contribution >= 4 is 45.2 Å². The van der Waals surface area contributed by atoms with Crippen LogP contribution in [0.4, 0.5) is 0 Å². The summed E-state index contributed by atoms with van der Waals surface area (Å²) in [5, 5.41) is 2.74. The number of fused-ring (bicyclic) bond motifs is 1. The van der Waals surface area contributed by atoms with Crippen molar-refractivity contribution in [3.05, 3.63) is 59.6 Å². The van der Waals surface area contributed by atoms with E-state index in [0.717, 1.165) is 20.9 Å². The molecule has 1 N–H and O–H groups in total. The Labute approximate surface area is 153 Å². The van der Waals surface area contributed by atoms with Crippen LogP contribution >= 0.6 is 23.1 Å². The molecular formula is C18H16N2O3S2. The number of carbonyl (C=O) groups excluding carboxylic acids is 2. The number of rotatable bonds is 7. The average molecular weight is 372 g/mol. The molecule has 3 aromatic rings. The summed E-state index contributed by atoms with van der Waals surface area (Å²) in [6, 6.07) is 15.1. The van der Waals surface area contributed by atoms with Gasteiger partial charge in [0.15, 0.2) is 6.61 Å². The fourth-order valence-corrected chi connectivity index (χ4v) is 3.63. The maximum atomic E-state index is 12.0. The van der Waals surface area contributed by atoms with Crippen molar-refractivity contribution in [2.24, 2.45) is 0 Å². The van der Waals surface area contributed by atoms with Gasteiger partial charge >= 0.3 is 5.97 Å². The van der Waals surface area contributed by atoms with Crippen LogP contribution in [0.15, 0.2) is 58.9 Å². The molecule has 0 atom stereocenters. The Hall–Kier alpha value is -2.38. The van der Waals surface area contributed by atoms with Gasteiger partial charge in [-0.1, -0.05) is 18.2 Å². The van der Waals surface area contributed by atoms with E-state index in [1.54, 1.807) is 35.5 Å². The van der Waals surface area contributed by atoms with Crippen LogP contribution in [0.2, 0.25) is 0 Å². The number of thioether (sulfide) groups is 1. The first-order valence-corrected chi connectivity index (χ1v) is 9.54. The van der Waals surface area contributed by atoms with Crippen LogP contribution in [0, 0.1) is 0 Å². The molecule has 0 unspecified atom stereocenters. The zero-order valence-corrected chi connectivity index (χ0v) is 14.9. The summed E-state index contributed by atoms with van der Waals surface area (Å²) in [6.07, 6.45) is 0. The minimum absolute atomic E-state index is 0.282. The second kappa shape index (κ2) is 8.64. The first-order chi connectivity index (χ1) is 12.2. The van der Waals surface area contributed by atoms with Crippen molar-refractivity contribution in [2.75, 3.05) is 18.9 Å². The second-order valence-corrected chi connectivity index (χ2v) is 7.18. The van der Waals surface area contributed by atoms with E-state index in [1.807, 2.05) is 30.3 Å². The van der Waals surface area contributed by atoms with Crippen molar-refractivity contribution < 1.29 is 14.3 Å².